The molecule has 0 aliphatic heterocycles. The highest BCUT2D eigenvalue weighted by molar-refractivity contribution is 5.52. The molecule has 0 amide bonds. The number of hydrogen-bond donors (Lipinski definition) is 1. The maximum atomic E-state index is 10.7. The Hall–Kier alpha value is -2.17. The summed E-state index contributed by atoms with van der Waals surface area (Å²) in [7, 11) is 0. The van der Waals surface area contributed by atoms with Crippen molar-refractivity contribution in [2.24, 2.45) is 0 Å². The van der Waals surface area contributed by atoms with Crippen LogP contribution in [-0.2, 0) is 10.8 Å². The number of aromatic hydroxyl groups is 1. The molecule has 1 aromatic heterocycles. The molecule has 0 spiro atoms. The maximum Gasteiger partial charge on any atom is 0.324 e. The Balaban J connectivity index is 2.56. The van der Waals surface area contributed by atoms with E-state index >= 15 is 0 Å². The molecular formula is C17H23N3O2. The van der Waals surface area contributed by atoms with Crippen LogP contribution in [0.25, 0.3) is 0 Å². The second-order valence-electron chi connectivity index (χ2n) is 7.39. The molecule has 0 radical (unpaired) electrons. The van der Waals surface area contributed by atoms with E-state index in [1.165, 1.54) is 12.7 Å². The molecule has 0 bridgehead atoms. The number of phenols is 1. The van der Waals surface area contributed by atoms with Gasteiger partial charge in [0.05, 0.1) is 0 Å². The van der Waals surface area contributed by atoms with Gasteiger partial charge in [-0.05, 0) is 23.0 Å². The molecule has 0 fully saturated rings. The smallest absolute Gasteiger partial charge is 0.324 e. The first-order valence-electron chi connectivity index (χ1n) is 7.27. The van der Waals surface area contributed by atoms with E-state index in [9.17, 15) is 5.11 Å². The Labute approximate surface area is 131 Å². The van der Waals surface area contributed by atoms with Crippen LogP contribution in [0.2, 0.25) is 0 Å². The Morgan fingerprint density at radius 2 is 1.32 bits per heavy atom. The molecule has 22 heavy (non-hydrogen) atoms. The molecule has 2 aromatic rings. The number of hydrogen-bond acceptors (Lipinski definition) is 5. The molecule has 1 N–H and O–H groups in total. The Morgan fingerprint density at radius 3 is 1.73 bits per heavy atom. The highest BCUT2D eigenvalue weighted by atomic mass is 16.5. The molecule has 5 heteroatoms. The highest BCUT2D eigenvalue weighted by Gasteiger charge is 2.27. The van der Waals surface area contributed by atoms with Crippen molar-refractivity contribution in [1.29, 1.82) is 0 Å². The van der Waals surface area contributed by atoms with Crippen LogP contribution in [0.15, 0.2) is 24.8 Å². The van der Waals surface area contributed by atoms with Gasteiger partial charge in [-0.2, -0.15) is 9.97 Å². The summed E-state index contributed by atoms with van der Waals surface area (Å²) in [6.45, 7) is 12.3. The van der Waals surface area contributed by atoms with E-state index in [0.29, 0.717) is 11.5 Å². The minimum Gasteiger partial charge on any atom is -0.507 e. The Kier molecular flexibility index (Phi) is 4.09. The molecule has 5 nitrogen and oxygen atoms in total. The van der Waals surface area contributed by atoms with Gasteiger partial charge in [-0.15, -0.1) is 0 Å². The maximum absolute atomic E-state index is 10.7. The number of ether oxygens (including phenoxy) is 1. The van der Waals surface area contributed by atoms with Gasteiger partial charge < -0.3 is 9.84 Å². The zero-order chi connectivity index (χ0) is 16.5. The lowest BCUT2D eigenvalue weighted by molar-refractivity contribution is 0.407. The highest BCUT2D eigenvalue weighted by Crippen LogP contribution is 2.42. The van der Waals surface area contributed by atoms with Crippen LogP contribution in [0.4, 0.5) is 0 Å². The van der Waals surface area contributed by atoms with Gasteiger partial charge in [-0.3, -0.25) is 0 Å². The zero-order valence-electron chi connectivity index (χ0n) is 14.0. The molecule has 0 saturated carbocycles. The van der Waals surface area contributed by atoms with Crippen LogP contribution in [0.3, 0.4) is 0 Å². The van der Waals surface area contributed by atoms with Gasteiger partial charge in [0.2, 0.25) is 0 Å². The second kappa shape index (κ2) is 5.55. The molecule has 1 aromatic carbocycles. The molecule has 118 valence electrons. The first kappa shape index (κ1) is 16.2. The molecule has 0 atom stereocenters. The van der Waals surface area contributed by atoms with Gasteiger partial charge in [-0.1, -0.05) is 41.5 Å². The summed E-state index contributed by atoms with van der Waals surface area (Å²) in [4.78, 5) is 11.7. The average molecular weight is 301 g/mol. The van der Waals surface area contributed by atoms with Crippen molar-refractivity contribution in [3.63, 3.8) is 0 Å². The van der Waals surface area contributed by atoms with E-state index in [0.717, 1.165) is 11.1 Å². The van der Waals surface area contributed by atoms with Crippen molar-refractivity contribution >= 4 is 0 Å². The fourth-order valence-electron chi connectivity index (χ4n) is 2.20. The second-order valence-corrected chi connectivity index (χ2v) is 7.39. The average Bonchev–Trinajstić information content (AvgIpc) is 2.39. The number of nitrogens with zero attached hydrogens (tertiary/aromatic N) is 3. The van der Waals surface area contributed by atoms with E-state index in [1.807, 2.05) is 12.1 Å². The molecule has 2 rings (SSSR count). The first-order valence-corrected chi connectivity index (χ1v) is 7.27. The molecule has 0 aliphatic rings. The van der Waals surface area contributed by atoms with Crippen LogP contribution in [0.5, 0.6) is 17.5 Å². The van der Waals surface area contributed by atoms with E-state index in [1.54, 1.807) is 0 Å². The number of rotatable bonds is 2. The fourth-order valence-corrected chi connectivity index (χ4v) is 2.20. The predicted molar refractivity (Wildman–Crippen MR) is 85.4 cm³/mol. The quantitative estimate of drug-likeness (QED) is 0.909. The standard InChI is InChI=1S/C17H23N3O2/c1-16(2,3)12-7-11(22-15-19-9-18-10-20-15)8-13(14(12)21)17(4,5)6/h7-10,21H,1-6H3. The lowest BCUT2D eigenvalue weighted by Gasteiger charge is -2.27. The van der Waals surface area contributed by atoms with Gasteiger partial charge in [0, 0.05) is 11.1 Å². The zero-order valence-corrected chi connectivity index (χ0v) is 14.0. The van der Waals surface area contributed by atoms with Crippen molar-refractivity contribution in [1.82, 2.24) is 15.0 Å². The number of phenolic OH excluding ortho intramolecular Hbond substituents is 1. The van der Waals surface area contributed by atoms with Crippen molar-refractivity contribution < 1.29 is 9.84 Å². The number of aromatic nitrogens is 3. The first-order chi connectivity index (χ1) is 10.1. The van der Waals surface area contributed by atoms with Crippen LogP contribution in [0, 0.1) is 0 Å². The SMILES string of the molecule is CC(C)(C)c1cc(Oc2ncncn2)cc(C(C)(C)C)c1O. The lowest BCUT2D eigenvalue weighted by Crippen LogP contribution is -2.17. The minimum atomic E-state index is -0.206. The third-order valence-electron chi connectivity index (χ3n) is 3.38. The minimum absolute atomic E-state index is 0.206. The van der Waals surface area contributed by atoms with Crippen LogP contribution in [0.1, 0.15) is 52.7 Å². The van der Waals surface area contributed by atoms with Gasteiger partial charge in [-0.25, -0.2) is 4.98 Å². The Morgan fingerprint density at radius 1 is 0.864 bits per heavy atom. The molecule has 1 heterocycles. The van der Waals surface area contributed by atoms with Crippen molar-refractivity contribution in [3.8, 4) is 17.5 Å². The monoisotopic (exact) mass is 301 g/mol. The topological polar surface area (TPSA) is 68.1 Å². The largest absolute Gasteiger partial charge is 0.507 e. The fraction of sp³-hybridized carbons (Fsp3) is 0.471. The summed E-state index contributed by atoms with van der Waals surface area (Å²) < 4.78 is 5.73. The van der Waals surface area contributed by atoms with E-state index in [4.69, 9.17) is 4.74 Å². The summed E-state index contributed by atoms with van der Waals surface area (Å²) >= 11 is 0. The van der Waals surface area contributed by atoms with Crippen LogP contribution >= 0.6 is 0 Å². The summed E-state index contributed by atoms with van der Waals surface area (Å²) in [6, 6.07) is 3.92. The van der Waals surface area contributed by atoms with E-state index < -0.39 is 0 Å². The summed E-state index contributed by atoms with van der Waals surface area (Å²) in [5.41, 5.74) is 1.26. The third-order valence-corrected chi connectivity index (χ3v) is 3.38. The van der Waals surface area contributed by atoms with Crippen molar-refractivity contribution in [2.75, 3.05) is 0 Å². The third kappa shape index (κ3) is 3.53. The number of benzene rings is 1. The van der Waals surface area contributed by atoms with Crippen LogP contribution in [-0.4, -0.2) is 20.1 Å². The molecule has 0 saturated heterocycles. The van der Waals surface area contributed by atoms with Gasteiger partial charge >= 0.3 is 6.01 Å². The molecule has 0 unspecified atom stereocenters. The van der Waals surface area contributed by atoms with E-state index in [2.05, 4.69) is 56.5 Å². The molecular weight excluding hydrogens is 278 g/mol. The molecule has 0 aliphatic carbocycles. The van der Waals surface area contributed by atoms with E-state index in [-0.39, 0.29) is 16.8 Å². The van der Waals surface area contributed by atoms with Gasteiger partial charge in [0.15, 0.2) is 0 Å². The summed E-state index contributed by atoms with van der Waals surface area (Å²) in [6.07, 6.45) is 2.77. The van der Waals surface area contributed by atoms with Crippen molar-refractivity contribution in [3.05, 3.63) is 35.9 Å². The summed E-state index contributed by atoms with van der Waals surface area (Å²) in [5, 5.41) is 10.7. The van der Waals surface area contributed by atoms with Crippen LogP contribution < -0.4 is 4.74 Å². The van der Waals surface area contributed by atoms with Gasteiger partial charge in [0.25, 0.3) is 0 Å². The Bertz CT molecular complexity index is 621. The summed E-state index contributed by atoms with van der Waals surface area (Å²) in [5.74, 6) is 0.932. The normalized spacial score (nSPS) is 12.3. The lowest BCUT2D eigenvalue weighted by atomic mass is 9.79. The predicted octanol–water partition coefficient (Wildman–Crippen LogP) is 3.96. The van der Waals surface area contributed by atoms with Gasteiger partial charge in [0.1, 0.15) is 24.2 Å². The van der Waals surface area contributed by atoms with Crippen molar-refractivity contribution in [2.45, 2.75) is 52.4 Å².